The minimum absolute atomic E-state index is 1.09. The molecule has 17 aromatic carbocycles. The number of benzene rings is 17. The van der Waals surface area contributed by atoms with Crippen molar-refractivity contribution in [2.45, 2.75) is 0 Å². The predicted molar refractivity (Wildman–Crippen MR) is 401 cm³/mol. The Morgan fingerprint density at radius 2 is 0.277 bits per heavy atom. The molecule has 442 valence electrons. The van der Waals surface area contributed by atoms with Gasteiger partial charge >= 0.3 is 0 Å². The van der Waals surface area contributed by atoms with Crippen molar-refractivity contribution < 1.29 is 0 Å². The zero-order valence-corrected chi connectivity index (χ0v) is 51.6. The first kappa shape index (κ1) is 55.6. The van der Waals surface area contributed by atoms with Gasteiger partial charge in [0.15, 0.2) is 0 Å². The largest absolute Gasteiger partial charge is 0.310 e. The first-order chi connectivity index (χ1) is 46.6. The number of hydrogen-bond acceptors (Lipinski definition) is 4. The van der Waals surface area contributed by atoms with Crippen LogP contribution in [0.2, 0.25) is 0 Å². The number of para-hydroxylation sites is 4. The second kappa shape index (κ2) is 24.0. The second-order valence-corrected chi connectivity index (χ2v) is 24.1. The van der Waals surface area contributed by atoms with Gasteiger partial charge in [0.05, 0.1) is 0 Å². The lowest BCUT2D eigenvalue weighted by Crippen LogP contribution is -2.10. The van der Waals surface area contributed by atoms with Crippen LogP contribution in [0.3, 0.4) is 0 Å². The standard InChI is InChI=1S/C90H62N4/c1-7-19-63(20-8-1)65-37-41-77(42-38-65)91(73-23-11-3-12-24-73)79-45-51-85-67(57-79)31-33-69-59-81(47-53-87(69)85)93(75-27-15-5-16-28-75)83-49-55-89-71(61-83)35-36-72-62-84(50-56-90(72)89)94(76-29-17-6-18-30-76)82-48-54-88-70(60-82)34-32-68-58-80(46-52-86(68)88)92(74-25-13-4-14-26-74)78-43-39-66(40-44-78)64-21-9-2-10-22-64/h1-62H. The van der Waals surface area contributed by atoms with Gasteiger partial charge in [0, 0.05) is 68.2 Å². The molecule has 0 aliphatic heterocycles. The number of hydrogen-bond donors (Lipinski definition) is 0. The molecular weight excluding hydrogens is 1140 g/mol. The van der Waals surface area contributed by atoms with E-state index < -0.39 is 0 Å². The molecule has 0 aliphatic rings. The van der Waals surface area contributed by atoms with Gasteiger partial charge in [-0.05, 0) is 232 Å². The van der Waals surface area contributed by atoms with Crippen LogP contribution in [0.15, 0.2) is 376 Å². The molecule has 94 heavy (non-hydrogen) atoms. The second-order valence-electron chi connectivity index (χ2n) is 24.1. The molecule has 0 fully saturated rings. The van der Waals surface area contributed by atoms with Crippen LogP contribution in [0.1, 0.15) is 0 Å². The molecule has 0 spiro atoms. The SMILES string of the molecule is c1ccc(-c2ccc(N(c3ccccc3)c3ccc4c(ccc5cc(N(c6ccccc6)c6ccc7c(ccc8cc(N(c9ccccc9)c9ccc%10c(ccc%11cc(N(c%12ccccc%12)c%12ccc(-c%13ccccc%13)cc%12)ccc%11%10)c9)ccc87)c6)ccc54)c3)cc2)cc1. The molecule has 0 saturated heterocycles. The van der Waals surface area contributed by atoms with Crippen molar-refractivity contribution >= 4 is 133 Å². The molecule has 0 aromatic heterocycles. The van der Waals surface area contributed by atoms with Crippen LogP contribution in [-0.2, 0) is 0 Å². The summed E-state index contributed by atoms with van der Waals surface area (Å²) >= 11 is 0. The van der Waals surface area contributed by atoms with Crippen LogP contribution in [-0.4, -0.2) is 0 Å². The fraction of sp³-hybridized carbons (Fsp3) is 0. The summed E-state index contributed by atoms with van der Waals surface area (Å²) in [4.78, 5) is 9.46. The van der Waals surface area contributed by atoms with Gasteiger partial charge in [0.1, 0.15) is 0 Å². The fourth-order valence-corrected chi connectivity index (χ4v) is 13.9. The average Bonchev–Trinajstić information content (AvgIpc) is 0.786. The van der Waals surface area contributed by atoms with Crippen molar-refractivity contribution in [2.75, 3.05) is 19.6 Å². The van der Waals surface area contributed by atoms with Crippen LogP contribution in [0, 0.1) is 0 Å². The summed E-state index contributed by atoms with van der Waals surface area (Å²) in [5, 5.41) is 14.4. The van der Waals surface area contributed by atoms with Crippen LogP contribution < -0.4 is 19.6 Å². The molecule has 0 unspecified atom stereocenters. The molecule has 0 saturated carbocycles. The Labute approximate surface area is 547 Å². The van der Waals surface area contributed by atoms with Crippen molar-refractivity contribution in [2.24, 2.45) is 0 Å². The van der Waals surface area contributed by atoms with Crippen molar-refractivity contribution in [3.63, 3.8) is 0 Å². The van der Waals surface area contributed by atoms with E-state index in [9.17, 15) is 0 Å². The van der Waals surface area contributed by atoms with Crippen LogP contribution >= 0.6 is 0 Å². The molecule has 0 N–H and O–H groups in total. The Bertz CT molecular complexity index is 5240. The van der Waals surface area contributed by atoms with Gasteiger partial charge in [-0.15, -0.1) is 0 Å². The van der Waals surface area contributed by atoms with E-state index in [0.29, 0.717) is 0 Å². The smallest absolute Gasteiger partial charge is 0.0468 e. The van der Waals surface area contributed by atoms with Gasteiger partial charge in [0.2, 0.25) is 0 Å². The van der Waals surface area contributed by atoms with Crippen molar-refractivity contribution in [1.29, 1.82) is 0 Å². The van der Waals surface area contributed by atoms with E-state index in [1.807, 2.05) is 0 Å². The van der Waals surface area contributed by atoms with Gasteiger partial charge in [-0.3, -0.25) is 0 Å². The van der Waals surface area contributed by atoms with Crippen molar-refractivity contribution in [3.05, 3.63) is 376 Å². The summed E-state index contributed by atoms with van der Waals surface area (Å²) in [6.07, 6.45) is 0. The minimum Gasteiger partial charge on any atom is -0.310 e. The normalized spacial score (nSPS) is 11.4. The molecule has 0 aliphatic carbocycles. The van der Waals surface area contributed by atoms with E-state index in [2.05, 4.69) is 396 Å². The number of fused-ring (bicyclic) bond motifs is 9. The summed E-state index contributed by atoms with van der Waals surface area (Å²) in [6.45, 7) is 0. The predicted octanol–water partition coefficient (Wildman–Crippen LogP) is 25.8. The summed E-state index contributed by atoms with van der Waals surface area (Å²) in [6, 6.07) is 137. The van der Waals surface area contributed by atoms with Crippen molar-refractivity contribution in [1.82, 2.24) is 0 Å². The van der Waals surface area contributed by atoms with Crippen LogP contribution in [0.5, 0.6) is 0 Å². The lowest BCUT2D eigenvalue weighted by atomic mass is 9.98. The quantitative estimate of drug-likeness (QED) is 0.101. The third-order valence-electron chi connectivity index (χ3n) is 18.5. The highest BCUT2D eigenvalue weighted by atomic mass is 15.2. The fourth-order valence-electron chi connectivity index (χ4n) is 13.9. The van der Waals surface area contributed by atoms with Gasteiger partial charge in [0.25, 0.3) is 0 Å². The Balaban J connectivity index is 0.677. The highest BCUT2D eigenvalue weighted by molar-refractivity contribution is 6.13. The molecule has 0 heterocycles. The number of rotatable bonds is 14. The summed E-state index contributed by atoms with van der Waals surface area (Å²) in [5.74, 6) is 0. The third-order valence-corrected chi connectivity index (χ3v) is 18.5. The maximum absolute atomic E-state index is 2.38. The van der Waals surface area contributed by atoms with Crippen LogP contribution in [0.25, 0.3) is 86.9 Å². The molecule has 4 heteroatoms. The van der Waals surface area contributed by atoms with Gasteiger partial charge in [-0.1, -0.05) is 231 Å². The molecule has 0 radical (unpaired) electrons. The molecule has 0 amide bonds. The van der Waals surface area contributed by atoms with E-state index in [4.69, 9.17) is 0 Å². The topological polar surface area (TPSA) is 13.0 Å². The monoisotopic (exact) mass is 1200 g/mol. The Morgan fingerprint density at radius 1 is 0.117 bits per heavy atom. The first-order valence-corrected chi connectivity index (χ1v) is 32.2. The Kier molecular flexibility index (Phi) is 14.2. The van der Waals surface area contributed by atoms with Crippen LogP contribution in [0.4, 0.5) is 68.2 Å². The van der Waals surface area contributed by atoms with E-state index >= 15 is 0 Å². The van der Waals surface area contributed by atoms with E-state index in [1.54, 1.807) is 0 Å². The number of nitrogens with zero attached hydrogens (tertiary/aromatic N) is 4. The zero-order chi connectivity index (χ0) is 62.3. The highest BCUT2D eigenvalue weighted by Gasteiger charge is 2.21. The van der Waals surface area contributed by atoms with Gasteiger partial charge in [-0.2, -0.15) is 0 Å². The summed E-state index contributed by atoms with van der Waals surface area (Å²) < 4.78 is 0. The highest BCUT2D eigenvalue weighted by Crippen LogP contribution is 2.45. The molecular formula is C90H62N4. The maximum atomic E-state index is 2.38. The van der Waals surface area contributed by atoms with E-state index in [0.717, 1.165) is 68.2 Å². The molecule has 0 atom stereocenters. The lowest BCUT2D eigenvalue weighted by Gasteiger charge is -2.27. The minimum atomic E-state index is 1.09. The first-order valence-electron chi connectivity index (χ1n) is 32.2. The number of anilines is 12. The summed E-state index contributed by atoms with van der Waals surface area (Å²) in [7, 11) is 0. The molecule has 4 nitrogen and oxygen atoms in total. The van der Waals surface area contributed by atoms with Gasteiger partial charge < -0.3 is 19.6 Å². The molecule has 0 bridgehead atoms. The molecule has 17 rings (SSSR count). The van der Waals surface area contributed by atoms with Gasteiger partial charge in [-0.25, -0.2) is 0 Å². The van der Waals surface area contributed by atoms with E-state index in [1.165, 1.54) is 86.9 Å². The lowest BCUT2D eigenvalue weighted by molar-refractivity contribution is 1.29. The Morgan fingerprint density at radius 3 is 0.489 bits per heavy atom. The maximum Gasteiger partial charge on any atom is 0.0468 e. The third kappa shape index (κ3) is 10.5. The molecule has 17 aromatic rings. The zero-order valence-electron chi connectivity index (χ0n) is 51.6. The van der Waals surface area contributed by atoms with E-state index in [-0.39, 0.29) is 0 Å². The Hall–Kier alpha value is -12.5. The summed E-state index contributed by atoms with van der Waals surface area (Å²) in [5.41, 5.74) is 18.0. The average molecular weight is 1200 g/mol. The van der Waals surface area contributed by atoms with Crippen molar-refractivity contribution in [3.8, 4) is 22.3 Å².